The molecule has 6 heteroatoms. The van der Waals surface area contributed by atoms with Crippen molar-refractivity contribution < 1.29 is 18.1 Å². The van der Waals surface area contributed by atoms with Crippen molar-refractivity contribution in [2.24, 2.45) is 0 Å². The summed E-state index contributed by atoms with van der Waals surface area (Å²) in [6.07, 6.45) is 0. The zero-order valence-electron chi connectivity index (χ0n) is 10.4. The number of aryl methyl sites for hydroxylation is 1. The van der Waals surface area contributed by atoms with Gasteiger partial charge in [-0.15, -0.1) is 0 Å². The first-order chi connectivity index (χ1) is 8.97. The highest BCUT2D eigenvalue weighted by molar-refractivity contribution is 5.91. The van der Waals surface area contributed by atoms with E-state index in [9.17, 15) is 13.6 Å². The zero-order chi connectivity index (χ0) is 14.0. The Hall–Kier alpha value is -2.24. The Labute approximate surface area is 108 Å². The SMILES string of the molecule is Cc1cc(C(=O)N[C@H](C)c2ccc(F)c(F)c2)on1. The fraction of sp³-hybridized carbons (Fsp3) is 0.231. The Morgan fingerprint density at radius 3 is 2.63 bits per heavy atom. The molecule has 0 aliphatic rings. The van der Waals surface area contributed by atoms with E-state index in [4.69, 9.17) is 4.52 Å². The van der Waals surface area contributed by atoms with Gasteiger partial charge in [0, 0.05) is 6.07 Å². The normalized spacial score (nSPS) is 12.2. The van der Waals surface area contributed by atoms with E-state index in [0.717, 1.165) is 12.1 Å². The van der Waals surface area contributed by atoms with E-state index in [0.29, 0.717) is 11.3 Å². The third kappa shape index (κ3) is 2.96. The summed E-state index contributed by atoms with van der Waals surface area (Å²) in [6, 6.07) is 4.49. The predicted octanol–water partition coefficient (Wildman–Crippen LogP) is 2.75. The van der Waals surface area contributed by atoms with Crippen molar-refractivity contribution >= 4 is 5.91 Å². The lowest BCUT2D eigenvalue weighted by Crippen LogP contribution is -2.26. The van der Waals surface area contributed by atoms with Crippen molar-refractivity contribution in [1.82, 2.24) is 10.5 Å². The molecule has 0 aliphatic heterocycles. The Bertz CT molecular complexity index is 610. The molecule has 1 atom stereocenters. The molecular formula is C13H12F2N2O2. The number of benzene rings is 1. The molecule has 19 heavy (non-hydrogen) atoms. The van der Waals surface area contributed by atoms with Gasteiger partial charge >= 0.3 is 0 Å². The highest BCUT2D eigenvalue weighted by Crippen LogP contribution is 2.16. The van der Waals surface area contributed by atoms with E-state index in [1.165, 1.54) is 12.1 Å². The van der Waals surface area contributed by atoms with Crippen LogP contribution >= 0.6 is 0 Å². The third-order valence-electron chi connectivity index (χ3n) is 2.64. The standard InChI is InChI=1S/C13H12F2N2O2/c1-7-5-12(19-17-7)13(18)16-8(2)9-3-4-10(14)11(15)6-9/h3-6,8H,1-2H3,(H,16,18)/t8-/m1/s1. The smallest absolute Gasteiger partial charge is 0.290 e. The van der Waals surface area contributed by atoms with Gasteiger partial charge in [-0.1, -0.05) is 11.2 Å². The molecule has 1 aromatic carbocycles. The Morgan fingerprint density at radius 1 is 1.32 bits per heavy atom. The average Bonchev–Trinajstić information content (AvgIpc) is 2.79. The Morgan fingerprint density at radius 2 is 2.05 bits per heavy atom. The Balaban J connectivity index is 2.10. The average molecular weight is 266 g/mol. The number of rotatable bonds is 3. The molecule has 0 saturated carbocycles. The van der Waals surface area contributed by atoms with Crippen LogP contribution in [0.25, 0.3) is 0 Å². The van der Waals surface area contributed by atoms with Crippen molar-refractivity contribution in [2.45, 2.75) is 19.9 Å². The first-order valence-corrected chi connectivity index (χ1v) is 5.66. The summed E-state index contributed by atoms with van der Waals surface area (Å²) in [7, 11) is 0. The predicted molar refractivity (Wildman–Crippen MR) is 63.5 cm³/mol. The van der Waals surface area contributed by atoms with Gasteiger partial charge in [-0.05, 0) is 31.5 Å². The molecule has 0 fully saturated rings. The number of hydrogen-bond acceptors (Lipinski definition) is 3. The molecule has 1 N–H and O–H groups in total. The van der Waals surface area contributed by atoms with Crippen molar-refractivity contribution in [3.05, 3.63) is 52.9 Å². The van der Waals surface area contributed by atoms with Gasteiger partial charge in [-0.2, -0.15) is 0 Å². The molecule has 0 saturated heterocycles. The number of carbonyl (C=O) groups is 1. The summed E-state index contributed by atoms with van der Waals surface area (Å²) in [4.78, 5) is 11.8. The van der Waals surface area contributed by atoms with Gasteiger partial charge in [-0.3, -0.25) is 4.79 Å². The van der Waals surface area contributed by atoms with Crippen LogP contribution in [0.4, 0.5) is 8.78 Å². The van der Waals surface area contributed by atoms with E-state index in [-0.39, 0.29) is 5.76 Å². The van der Waals surface area contributed by atoms with E-state index >= 15 is 0 Å². The molecule has 1 amide bonds. The lowest BCUT2D eigenvalue weighted by atomic mass is 10.1. The second-order valence-corrected chi connectivity index (χ2v) is 4.20. The number of aromatic nitrogens is 1. The highest BCUT2D eigenvalue weighted by atomic mass is 19.2. The van der Waals surface area contributed by atoms with Gasteiger partial charge < -0.3 is 9.84 Å². The van der Waals surface area contributed by atoms with Gasteiger partial charge in [0.1, 0.15) is 0 Å². The van der Waals surface area contributed by atoms with Gasteiger partial charge in [-0.25, -0.2) is 8.78 Å². The summed E-state index contributed by atoms with van der Waals surface area (Å²) in [5, 5.41) is 6.21. The molecule has 0 bridgehead atoms. The first-order valence-electron chi connectivity index (χ1n) is 5.66. The fourth-order valence-corrected chi connectivity index (χ4v) is 1.60. The molecule has 0 radical (unpaired) electrons. The highest BCUT2D eigenvalue weighted by Gasteiger charge is 2.16. The van der Waals surface area contributed by atoms with Crippen LogP contribution < -0.4 is 5.32 Å². The first kappa shape index (κ1) is 13.2. The van der Waals surface area contributed by atoms with E-state index in [1.54, 1.807) is 13.8 Å². The van der Waals surface area contributed by atoms with Crippen LogP contribution in [-0.4, -0.2) is 11.1 Å². The molecule has 1 heterocycles. The number of nitrogens with zero attached hydrogens (tertiary/aromatic N) is 1. The quantitative estimate of drug-likeness (QED) is 0.929. The van der Waals surface area contributed by atoms with Crippen LogP contribution in [0.5, 0.6) is 0 Å². The maximum atomic E-state index is 13.1. The summed E-state index contributed by atoms with van der Waals surface area (Å²) < 4.78 is 30.7. The summed E-state index contributed by atoms with van der Waals surface area (Å²) in [6.45, 7) is 3.35. The van der Waals surface area contributed by atoms with Crippen molar-refractivity contribution in [3.8, 4) is 0 Å². The maximum Gasteiger partial charge on any atom is 0.290 e. The third-order valence-corrected chi connectivity index (χ3v) is 2.64. The van der Waals surface area contributed by atoms with Crippen LogP contribution in [0.1, 0.15) is 34.8 Å². The number of hydrogen-bond donors (Lipinski definition) is 1. The van der Waals surface area contributed by atoms with Gasteiger partial charge in [0.2, 0.25) is 5.76 Å². The summed E-state index contributed by atoms with van der Waals surface area (Å²) in [5.41, 5.74) is 1.05. The lowest BCUT2D eigenvalue weighted by Gasteiger charge is -2.13. The molecule has 2 rings (SSSR count). The molecule has 1 aromatic heterocycles. The maximum absolute atomic E-state index is 13.1. The molecule has 2 aromatic rings. The van der Waals surface area contributed by atoms with Gasteiger partial charge in [0.25, 0.3) is 5.91 Å². The summed E-state index contributed by atoms with van der Waals surface area (Å²) in [5.74, 6) is -2.26. The van der Waals surface area contributed by atoms with Crippen molar-refractivity contribution in [3.63, 3.8) is 0 Å². The molecule has 0 unspecified atom stereocenters. The second kappa shape index (κ2) is 5.17. The topological polar surface area (TPSA) is 55.1 Å². The van der Waals surface area contributed by atoms with Crippen LogP contribution in [0, 0.1) is 18.6 Å². The molecular weight excluding hydrogens is 254 g/mol. The molecule has 0 aliphatic carbocycles. The van der Waals surface area contributed by atoms with Gasteiger partial charge in [0.05, 0.1) is 11.7 Å². The van der Waals surface area contributed by atoms with E-state index in [1.807, 2.05) is 0 Å². The Kier molecular flexibility index (Phi) is 3.59. The van der Waals surface area contributed by atoms with Crippen LogP contribution in [0.3, 0.4) is 0 Å². The molecule has 0 spiro atoms. The van der Waals surface area contributed by atoms with Crippen LogP contribution in [0.15, 0.2) is 28.8 Å². The second-order valence-electron chi connectivity index (χ2n) is 4.20. The van der Waals surface area contributed by atoms with E-state index in [2.05, 4.69) is 10.5 Å². The molecule has 4 nitrogen and oxygen atoms in total. The van der Waals surface area contributed by atoms with E-state index < -0.39 is 23.6 Å². The monoisotopic (exact) mass is 266 g/mol. The van der Waals surface area contributed by atoms with Gasteiger partial charge in [0.15, 0.2) is 11.6 Å². The number of halogens is 2. The minimum absolute atomic E-state index is 0.0759. The number of carbonyl (C=O) groups excluding carboxylic acids is 1. The number of amides is 1. The number of nitrogens with one attached hydrogen (secondary N) is 1. The fourth-order valence-electron chi connectivity index (χ4n) is 1.60. The van der Waals surface area contributed by atoms with Crippen LogP contribution in [-0.2, 0) is 0 Å². The van der Waals surface area contributed by atoms with Crippen molar-refractivity contribution in [1.29, 1.82) is 0 Å². The minimum Gasteiger partial charge on any atom is -0.351 e. The lowest BCUT2D eigenvalue weighted by molar-refractivity contribution is 0.0902. The van der Waals surface area contributed by atoms with Crippen molar-refractivity contribution in [2.75, 3.05) is 0 Å². The zero-order valence-corrected chi connectivity index (χ0v) is 10.4. The largest absolute Gasteiger partial charge is 0.351 e. The summed E-state index contributed by atoms with van der Waals surface area (Å²) >= 11 is 0. The molecule has 100 valence electrons. The van der Waals surface area contributed by atoms with Crippen LogP contribution in [0.2, 0.25) is 0 Å². The minimum atomic E-state index is -0.950.